The maximum Gasteiger partial charge on any atom is 0.254 e. The van der Waals surface area contributed by atoms with E-state index >= 15 is 0 Å². The maximum atomic E-state index is 13.5. The molecular formula is C30H38Cl3N5O4S. The van der Waals surface area contributed by atoms with Crippen molar-refractivity contribution in [2.24, 2.45) is 5.41 Å². The fourth-order valence-electron chi connectivity index (χ4n) is 5.75. The summed E-state index contributed by atoms with van der Waals surface area (Å²) in [5.74, 6) is 0.00787. The van der Waals surface area contributed by atoms with Gasteiger partial charge in [-0.25, -0.2) is 18.4 Å². The Balaban J connectivity index is 0.00000215. The van der Waals surface area contributed by atoms with Gasteiger partial charge in [0.2, 0.25) is 5.91 Å². The molecule has 0 bridgehead atoms. The van der Waals surface area contributed by atoms with E-state index in [-0.39, 0.29) is 65.4 Å². The minimum absolute atomic E-state index is 0. The third-order valence-corrected chi connectivity index (χ3v) is 9.33. The molecule has 234 valence electrons. The van der Waals surface area contributed by atoms with Crippen LogP contribution < -0.4 is 5.32 Å². The molecule has 1 spiro atoms. The van der Waals surface area contributed by atoms with Crippen molar-refractivity contribution in [1.29, 1.82) is 0 Å². The molecule has 2 fully saturated rings. The van der Waals surface area contributed by atoms with Gasteiger partial charge in [0.05, 0.1) is 21.9 Å². The normalized spacial score (nSPS) is 16.9. The Kier molecular flexibility index (Phi) is 13.4. The number of rotatable bonds is 9. The molecule has 0 aliphatic carbocycles. The van der Waals surface area contributed by atoms with Gasteiger partial charge in [0, 0.05) is 38.3 Å². The molecule has 13 heteroatoms. The van der Waals surface area contributed by atoms with E-state index in [1.165, 1.54) is 25.0 Å². The van der Waals surface area contributed by atoms with Crippen molar-refractivity contribution in [3.63, 3.8) is 0 Å². The van der Waals surface area contributed by atoms with Crippen LogP contribution in [0.15, 0.2) is 78.2 Å². The highest BCUT2D eigenvalue weighted by Gasteiger charge is 2.47. The monoisotopic (exact) mass is 669 g/mol. The number of amides is 2. The Morgan fingerprint density at radius 3 is 2.14 bits per heavy atom. The standard InChI is InChI=1S/C30H35N5O4S.3ClH/c1-40(38,39)26-9-7-23(8-10-26)21-35-18-14-30(29(35)37)12-16-34(17-13-30)15-11-27(24-5-3-2-4-6-24)33-28(36)25-19-31-22-32-20-25;;;/h2-10,19-20,22,27H,11-18,21H2,1H3,(H,33,36);3*1H/t27-;;;/m0.../s1. The van der Waals surface area contributed by atoms with Crippen LogP contribution in [0.1, 0.15) is 53.2 Å². The zero-order chi connectivity index (χ0) is 28.2. The van der Waals surface area contributed by atoms with Gasteiger partial charge in [-0.3, -0.25) is 9.59 Å². The van der Waals surface area contributed by atoms with Gasteiger partial charge in [-0.1, -0.05) is 42.5 Å². The van der Waals surface area contributed by atoms with Crippen LogP contribution >= 0.6 is 37.2 Å². The van der Waals surface area contributed by atoms with Crippen LogP contribution in [0.2, 0.25) is 0 Å². The van der Waals surface area contributed by atoms with Gasteiger partial charge in [0.1, 0.15) is 6.33 Å². The number of nitrogens with one attached hydrogen (secondary N) is 1. The number of carbonyl (C=O) groups excluding carboxylic acids is 2. The first-order valence-corrected chi connectivity index (χ1v) is 15.5. The Labute approximate surface area is 272 Å². The lowest BCUT2D eigenvalue weighted by molar-refractivity contribution is -0.138. The molecule has 0 saturated carbocycles. The second-order valence-electron chi connectivity index (χ2n) is 10.9. The van der Waals surface area contributed by atoms with Crippen molar-refractivity contribution in [2.75, 3.05) is 32.4 Å². The number of sulfone groups is 1. The summed E-state index contributed by atoms with van der Waals surface area (Å²) in [6.45, 7) is 3.71. The Morgan fingerprint density at radius 1 is 0.930 bits per heavy atom. The molecule has 0 radical (unpaired) electrons. The minimum Gasteiger partial charge on any atom is -0.345 e. The van der Waals surface area contributed by atoms with Gasteiger partial charge in [-0.05, 0) is 62.0 Å². The molecule has 2 aromatic carbocycles. The van der Waals surface area contributed by atoms with Crippen molar-refractivity contribution < 1.29 is 18.0 Å². The summed E-state index contributed by atoms with van der Waals surface area (Å²) in [7, 11) is -3.24. The zero-order valence-electron chi connectivity index (χ0n) is 23.9. The molecule has 9 nitrogen and oxygen atoms in total. The SMILES string of the molecule is CS(=O)(=O)c1ccc(CN2CCC3(CCN(CC[C@H](NC(=O)c4cncnc4)c4ccccc4)CC3)C2=O)cc1.Cl.Cl.Cl. The molecule has 43 heavy (non-hydrogen) atoms. The van der Waals surface area contributed by atoms with Crippen LogP contribution in [-0.4, -0.2) is 72.4 Å². The summed E-state index contributed by atoms with van der Waals surface area (Å²) in [6.07, 6.45) is 8.87. The largest absolute Gasteiger partial charge is 0.345 e. The fraction of sp³-hybridized carbons (Fsp3) is 0.400. The number of nitrogens with zero attached hydrogens (tertiary/aromatic N) is 4. The molecule has 3 aromatic rings. The lowest BCUT2D eigenvalue weighted by Gasteiger charge is -2.38. The molecule has 2 amide bonds. The first-order chi connectivity index (χ1) is 19.2. The Morgan fingerprint density at radius 2 is 1.53 bits per heavy atom. The molecule has 2 aliphatic heterocycles. The lowest BCUT2D eigenvalue weighted by atomic mass is 9.77. The van der Waals surface area contributed by atoms with E-state index < -0.39 is 9.84 Å². The smallest absolute Gasteiger partial charge is 0.254 e. The van der Waals surface area contributed by atoms with E-state index in [4.69, 9.17) is 0 Å². The first kappa shape index (κ1) is 36.4. The number of benzene rings is 2. The predicted octanol–water partition coefficient (Wildman–Crippen LogP) is 4.52. The molecule has 1 atom stereocenters. The lowest BCUT2D eigenvalue weighted by Crippen LogP contribution is -2.45. The average Bonchev–Trinajstić information content (AvgIpc) is 3.26. The summed E-state index contributed by atoms with van der Waals surface area (Å²) in [5, 5.41) is 3.15. The highest BCUT2D eigenvalue weighted by atomic mass is 35.5. The second kappa shape index (κ2) is 15.8. The van der Waals surface area contributed by atoms with Crippen LogP contribution in [0.25, 0.3) is 0 Å². The maximum absolute atomic E-state index is 13.5. The number of hydrogen-bond acceptors (Lipinski definition) is 7. The minimum atomic E-state index is -3.24. The van der Waals surface area contributed by atoms with Gasteiger partial charge < -0.3 is 15.1 Å². The van der Waals surface area contributed by atoms with E-state index in [1.54, 1.807) is 24.3 Å². The van der Waals surface area contributed by atoms with Gasteiger partial charge in [-0.15, -0.1) is 37.2 Å². The number of halogens is 3. The average molecular weight is 671 g/mol. The van der Waals surface area contributed by atoms with E-state index in [0.29, 0.717) is 12.1 Å². The number of piperidine rings is 1. The third-order valence-electron chi connectivity index (χ3n) is 8.20. The topological polar surface area (TPSA) is 113 Å². The predicted molar refractivity (Wildman–Crippen MR) is 173 cm³/mol. The van der Waals surface area contributed by atoms with Crippen molar-refractivity contribution in [3.05, 3.63) is 90.0 Å². The molecule has 2 aliphatic rings. The summed E-state index contributed by atoms with van der Waals surface area (Å²) in [4.78, 5) is 38.8. The molecule has 1 aromatic heterocycles. The van der Waals surface area contributed by atoms with Crippen molar-refractivity contribution in [2.45, 2.75) is 43.2 Å². The van der Waals surface area contributed by atoms with E-state index in [9.17, 15) is 18.0 Å². The Hall–Kier alpha value is -2.76. The Bertz CT molecular complexity index is 1440. The second-order valence-corrected chi connectivity index (χ2v) is 12.9. The third kappa shape index (κ3) is 8.89. The van der Waals surface area contributed by atoms with Crippen molar-refractivity contribution >= 4 is 58.9 Å². The fourth-order valence-corrected chi connectivity index (χ4v) is 6.38. The summed E-state index contributed by atoms with van der Waals surface area (Å²) in [5.41, 5.74) is 2.10. The summed E-state index contributed by atoms with van der Waals surface area (Å²) < 4.78 is 23.5. The van der Waals surface area contributed by atoms with Crippen LogP contribution in [-0.2, 0) is 21.2 Å². The van der Waals surface area contributed by atoms with Gasteiger partial charge in [-0.2, -0.15) is 0 Å². The molecule has 2 saturated heterocycles. The van der Waals surface area contributed by atoms with Gasteiger partial charge in [0.25, 0.3) is 5.91 Å². The van der Waals surface area contributed by atoms with E-state index in [1.807, 2.05) is 35.2 Å². The molecule has 3 heterocycles. The zero-order valence-corrected chi connectivity index (χ0v) is 27.2. The first-order valence-electron chi connectivity index (χ1n) is 13.7. The molecule has 0 unspecified atom stereocenters. The molecule has 5 rings (SSSR count). The number of likely N-dealkylation sites (tertiary alicyclic amines) is 2. The van der Waals surface area contributed by atoms with Crippen molar-refractivity contribution in [1.82, 2.24) is 25.1 Å². The summed E-state index contributed by atoms with van der Waals surface area (Å²) in [6, 6.07) is 16.6. The highest BCUT2D eigenvalue weighted by Crippen LogP contribution is 2.42. The quantitative estimate of drug-likeness (QED) is 0.356. The highest BCUT2D eigenvalue weighted by molar-refractivity contribution is 7.90. The van der Waals surface area contributed by atoms with Crippen molar-refractivity contribution in [3.8, 4) is 0 Å². The van der Waals surface area contributed by atoms with E-state index in [2.05, 4.69) is 20.2 Å². The molecule has 1 N–H and O–H groups in total. The van der Waals surface area contributed by atoms with Crippen LogP contribution in [0.5, 0.6) is 0 Å². The molecular weight excluding hydrogens is 633 g/mol. The number of hydrogen-bond donors (Lipinski definition) is 1. The van der Waals surface area contributed by atoms with Crippen LogP contribution in [0.4, 0.5) is 0 Å². The van der Waals surface area contributed by atoms with Gasteiger partial charge in [0.15, 0.2) is 9.84 Å². The van der Waals surface area contributed by atoms with Crippen LogP contribution in [0, 0.1) is 5.41 Å². The van der Waals surface area contributed by atoms with E-state index in [0.717, 1.165) is 63.0 Å². The number of carbonyl (C=O) groups is 2. The summed E-state index contributed by atoms with van der Waals surface area (Å²) >= 11 is 0. The van der Waals surface area contributed by atoms with Gasteiger partial charge >= 0.3 is 0 Å². The van der Waals surface area contributed by atoms with Crippen LogP contribution in [0.3, 0.4) is 0 Å². The number of aromatic nitrogens is 2.